The van der Waals surface area contributed by atoms with Crippen molar-refractivity contribution < 1.29 is 4.74 Å². The molecule has 0 spiro atoms. The second-order valence-corrected chi connectivity index (χ2v) is 5.43. The van der Waals surface area contributed by atoms with E-state index in [4.69, 9.17) is 4.74 Å². The fourth-order valence-electron chi connectivity index (χ4n) is 2.13. The maximum absolute atomic E-state index is 5.01. The van der Waals surface area contributed by atoms with E-state index in [-0.39, 0.29) is 0 Å². The predicted octanol–water partition coefficient (Wildman–Crippen LogP) is 1.60. The van der Waals surface area contributed by atoms with Gasteiger partial charge in [0, 0.05) is 39.5 Å². The minimum atomic E-state index is 0.737. The fourth-order valence-corrected chi connectivity index (χ4v) is 2.13. The molecule has 1 aromatic heterocycles. The molecule has 5 heteroatoms. The van der Waals surface area contributed by atoms with Crippen molar-refractivity contribution in [2.24, 2.45) is 0 Å². The molecule has 0 aliphatic heterocycles. The lowest BCUT2D eigenvalue weighted by molar-refractivity contribution is 0.199. The largest absolute Gasteiger partial charge is 0.383 e. The fraction of sp³-hybridized carbons (Fsp3) is 0.688. The van der Waals surface area contributed by atoms with Crippen molar-refractivity contribution in [1.82, 2.24) is 15.2 Å². The summed E-state index contributed by atoms with van der Waals surface area (Å²) < 4.78 is 5.01. The van der Waals surface area contributed by atoms with Gasteiger partial charge in [0.25, 0.3) is 0 Å². The Morgan fingerprint density at radius 2 is 2.05 bits per heavy atom. The first-order chi connectivity index (χ1) is 10.2. The van der Waals surface area contributed by atoms with Gasteiger partial charge in [-0.2, -0.15) is 0 Å². The quantitative estimate of drug-likeness (QED) is 0.628. The van der Waals surface area contributed by atoms with E-state index in [1.54, 1.807) is 7.11 Å². The van der Waals surface area contributed by atoms with Crippen molar-refractivity contribution in [3.8, 4) is 0 Å². The number of nitrogens with zero attached hydrogens (tertiary/aromatic N) is 3. The third-order valence-corrected chi connectivity index (χ3v) is 3.36. The Morgan fingerprint density at radius 1 is 1.24 bits per heavy atom. The summed E-state index contributed by atoms with van der Waals surface area (Å²) >= 11 is 0. The molecule has 1 aromatic rings. The smallest absolute Gasteiger partial charge is 0.128 e. The number of ether oxygens (including phenoxy) is 1. The number of nitrogens with one attached hydrogen (secondary N) is 1. The van der Waals surface area contributed by atoms with Crippen LogP contribution < -0.4 is 10.2 Å². The lowest BCUT2D eigenvalue weighted by Gasteiger charge is -2.23. The van der Waals surface area contributed by atoms with E-state index in [2.05, 4.69) is 53.3 Å². The molecule has 0 aromatic carbocycles. The molecule has 1 N–H and O–H groups in total. The molecule has 0 saturated heterocycles. The van der Waals surface area contributed by atoms with Gasteiger partial charge in [0.05, 0.1) is 6.61 Å². The number of aromatic nitrogens is 1. The highest BCUT2D eigenvalue weighted by Gasteiger charge is 2.05. The van der Waals surface area contributed by atoms with Gasteiger partial charge in [0.1, 0.15) is 5.82 Å². The van der Waals surface area contributed by atoms with Crippen LogP contribution in [-0.2, 0) is 11.3 Å². The third kappa shape index (κ3) is 7.41. The summed E-state index contributed by atoms with van der Waals surface area (Å²) in [6.07, 6.45) is 3.12. The first-order valence-corrected chi connectivity index (χ1v) is 7.71. The highest BCUT2D eigenvalue weighted by molar-refractivity contribution is 5.39. The maximum Gasteiger partial charge on any atom is 0.128 e. The van der Waals surface area contributed by atoms with Crippen LogP contribution in [0.4, 0.5) is 5.82 Å². The van der Waals surface area contributed by atoms with Crippen LogP contribution >= 0.6 is 0 Å². The van der Waals surface area contributed by atoms with Crippen LogP contribution in [-0.4, -0.2) is 63.9 Å². The molecule has 0 amide bonds. The number of methoxy groups -OCH3 is 1. The molecular weight excluding hydrogens is 264 g/mol. The maximum atomic E-state index is 5.01. The highest BCUT2D eigenvalue weighted by atomic mass is 16.5. The Balaban J connectivity index is 2.42. The number of pyridine rings is 1. The minimum Gasteiger partial charge on any atom is -0.383 e. The molecular formula is C16H30N4O. The lowest BCUT2D eigenvalue weighted by Crippen LogP contribution is -2.27. The van der Waals surface area contributed by atoms with Crippen LogP contribution in [0.5, 0.6) is 0 Å². The summed E-state index contributed by atoms with van der Waals surface area (Å²) in [6, 6.07) is 4.27. The van der Waals surface area contributed by atoms with E-state index in [0.29, 0.717) is 0 Å². The molecule has 0 atom stereocenters. The van der Waals surface area contributed by atoms with Crippen LogP contribution in [0.25, 0.3) is 0 Å². The van der Waals surface area contributed by atoms with Crippen molar-refractivity contribution in [1.29, 1.82) is 0 Å². The standard InChI is InChI=1S/C16H30N4O/c1-5-20(11-6-10-19(2)3)16-8-7-15(14-18-16)13-17-9-12-21-4/h7-8,14,17H,5-6,9-13H2,1-4H3. The monoisotopic (exact) mass is 294 g/mol. The van der Waals surface area contributed by atoms with Crippen LogP contribution in [0, 0.1) is 0 Å². The molecule has 1 heterocycles. The summed E-state index contributed by atoms with van der Waals surface area (Å²) in [5.41, 5.74) is 1.21. The van der Waals surface area contributed by atoms with Gasteiger partial charge in [-0.25, -0.2) is 4.98 Å². The van der Waals surface area contributed by atoms with Gasteiger partial charge in [-0.1, -0.05) is 6.07 Å². The van der Waals surface area contributed by atoms with Gasteiger partial charge in [-0.05, 0) is 45.6 Å². The zero-order valence-corrected chi connectivity index (χ0v) is 13.9. The molecule has 0 fully saturated rings. The summed E-state index contributed by atoms with van der Waals surface area (Å²) in [4.78, 5) is 9.13. The van der Waals surface area contributed by atoms with E-state index >= 15 is 0 Å². The Labute approximate surface area is 129 Å². The summed E-state index contributed by atoms with van der Waals surface area (Å²) in [5, 5.41) is 3.33. The summed E-state index contributed by atoms with van der Waals surface area (Å²) in [5.74, 6) is 1.07. The first-order valence-electron chi connectivity index (χ1n) is 7.71. The summed E-state index contributed by atoms with van der Waals surface area (Å²) in [7, 11) is 5.94. The van der Waals surface area contributed by atoms with E-state index in [1.165, 1.54) is 5.56 Å². The van der Waals surface area contributed by atoms with Crippen LogP contribution in [0.1, 0.15) is 18.9 Å². The third-order valence-electron chi connectivity index (χ3n) is 3.36. The number of hydrogen-bond donors (Lipinski definition) is 1. The summed E-state index contributed by atoms with van der Waals surface area (Å²) in [6.45, 7) is 7.77. The predicted molar refractivity (Wildman–Crippen MR) is 88.9 cm³/mol. The molecule has 1 rings (SSSR count). The van der Waals surface area contributed by atoms with E-state index in [9.17, 15) is 0 Å². The van der Waals surface area contributed by atoms with Gasteiger partial charge < -0.3 is 19.9 Å². The average Bonchev–Trinajstić information content (AvgIpc) is 2.49. The van der Waals surface area contributed by atoms with E-state index in [1.807, 2.05) is 6.20 Å². The highest BCUT2D eigenvalue weighted by Crippen LogP contribution is 2.11. The molecule has 0 bridgehead atoms. The Bertz CT molecular complexity index is 367. The van der Waals surface area contributed by atoms with Crippen molar-refractivity contribution in [2.75, 3.05) is 58.9 Å². The Morgan fingerprint density at radius 3 is 2.62 bits per heavy atom. The zero-order chi connectivity index (χ0) is 15.5. The van der Waals surface area contributed by atoms with Crippen LogP contribution in [0.3, 0.4) is 0 Å². The van der Waals surface area contributed by atoms with E-state index < -0.39 is 0 Å². The average molecular weight is 294 g/mol. The van der Waals surface area contributed by atoms with Crippen molar-refractivity contribution in [2.45, 2.75) is 19.9 Å². The van der Waals surface area contributed by atoms with Crippen molar-refractivity contribution in [3.63, 3.8) is 0 Å². The SMILES string of the molecule is CCN(CCCN(C)C)c1ccc(CNCCOC)cn1. The lowest BCUT2D eigenvalue weighted by atomic mass is 10.2. The van der Waals surface area contributed by atoms with Gasteiger partial charge in [-0.15, -0.1) is 0 Å². The van der Waals surface area contributed by atoms with Gasteiger partial charge in [0.2, 0.25) is 0 Å². The molecule has 5 nitrogen and oxygen atoms in total. The molecule has 120 valence electrons. The molecule has 0 aliphatic carbocycles. The zero-order valence-electron chi connectivity index (χ0n) is 13.9. The van der Waals surface area contributed by atoms with Gasteiger partial charge >= 0.3 is 0 Å². The normalized spacial score (nSPS) is 11.1. The molecule has 0 aliphatic rings. The number of anilines is 1. The second-order valence-electron chi connectivity index (χ2n) is 5.43. The molecule has 0 radical (unpaired) electrons. The number of rotatable bonds is 11. The Kier molecular flexibility index (Phi) is 8.98. The molecule has 0 saturated carbocycles. The molecule has 21 heavy (non-hydrogen) atoms. The first kappa shape index (κ1) is 17.9. The molecule has 0 unspecified atom stereocenters. The topological polar surface area (TPSA) is 40.6 Å². The van der Waals surface area contributed by atoms with Gasteiger partial charge in [-0.3, -0.25) is 0 Å². The Hall–Kier alpha value is -1.17. The minimum absolute atomic E-state index is 0.737. The van der Waals surface area contributed by atoms with Crippen molar-refractivity contribution >= 4 is 5.82 Å². The number of hydrogen-bond acceptors (Lipinski definition) is 5. The van der Waals surface area contributed by atoms with Crippen LogP contribution in [0.15, 0.2) is 18.3 Å². The van der Waals surface area contributed by atoms with Crippen molar-refractivity contribution in [3.05, 3.63) is 23.9 Å². The van der Waals surface area contributed by atoms with Crippen LogP contribution in [0.2, 0.25) is 0 Å². The van der Waals surface area contributed by atoms with E-state index in [0.717, 1.165) is 51.6 Å². The second kappa shape index (κ2) is 10.5. The van der Waals surface area contributed by atoms with Gasteiger partial charge in [0.15, 0.2) is 0 Å².